The zero-order chi connectivity index (χ0) is 14.7. The molecule has 0 aliphatic carbocycles. The summed E-state index contributed by atoms with van der Waals surface area (Å²) >= 11 is 1.62. The molecule has 0 bridgehead atoms. The van der Waals surface area contributed by atoms with Crippen LogP contribution in [0.4, 0.5) is 0 Å². The minimum Gasteiger partial charge on any atom is -0.459 e. The monoisotopic (exact) mass is 305 g/mol. The molecular weight excluding hydrogens is 286 g/mol. The lowest BCUT2D eigenvalue weighted by Gasteiger charge is -2.21. The van der Waals surface area contributed by atoms with E-state index in [1.165, 1.54) is 0 Å². The van der Waals surface area contributed by atoms with E-state index in [4.69, 9.17) is 4.42 Å². The third kappa shape index (κ3) is 3.33. The number of hydrogen-bond donors (Lipinski definition) is 0. The Hall–Kier alpha value is -1.66. The summed E-state index contributed by atoms with van der Waals surface area (Å²) in [5, 5.41) is 2.08. The summed E-state index contributed by atoms with van der Waals surface area (Å²) in [6, 6.07) is 1.83. The van der Waals surface area contributed by atoms with E-state index >= 15 is 0 Å². The first-order chi connectivity index (χ1) is 10.2. The quantitative estimate of drug-likeness (QED) is 0.873. The molecule has 0 aromatic carbocycles. The number of rotatable bonds is 3. The minimum atomic E-state index is 0.00742. The molecule has 1 fully saturated rings. The fraction of sp³-hybridized carbons (Fsp3) is 0.467. The Labute approximate surface area is 128 Å². The van der Waals surface area contributed by atoms with Gasteiger partial charge >= 0.3 is 0 Å². The van der Waals surface area contributed by atoms with Gasteiger partial charge in [-0.2, -0.15) is 0 Å². The molecule has 0 unspecified atom stereocenters. The van der Waals surface area contributed by atoms with Gasteiger partial charge < -0.3 is 9.32 Å². The minimum absolute atomic E-state index is 0.00742. The summed E-state index contributed by atoms with van der Waals surface area (Å²) in [5.74, 6) is 0.482. The third-order valence-corrected chi connectivity index (χ3v) is 4.44. The number of carbonyl (C=O) groups excluding carboxylic acids is 1. The van der Waals surface area contributed by atoms with Gasteiger partial charge in [-0.1, -0.05) is 0 Å². The van der Waals surface area contributed by atoms with Crippen molar-refractivity contribution in [3.05, 3.63) is 40.2 Å². The molecule has 1 aliphatic heterocycles. The van der Waals surface area contributed by atoms with E-state index in [1.54, 1.807) is 17.6 Å². The normalized spacial score (nSPS) is 16.9. The second-order valence-electron chi connectivity index (χ2n) is 5.33. The summed E-state index contributed by atoms with van der Waals surface area (Å²) in [4.78, 5) is 21.0. The van der Waals surface area contributed by atoms with Crippen LogP contribution in [0.5, 0.6) is 0 Å². The zero-order valence-electron chi connectivity index (χ0n) is 12.1. The average Bonchev–Trinajstić information content (AvgIpc) is 3.07. The SMILES string of the molecule is Cc1ccoc1C(=O)N1CCCN(Cc2cscn2)CC1. The highest BCUT2D eigenvalue weighted by Gasteiger charge is 2.23. The first-order valence-corrected chi connectivity index (χ1v) is 8.11. The topological polar surface area (TPSA) is 49.6 Å². The van der Waals surface area contributed by atoms with Gasteiger partial charge in [0, 0.05) is 43.7 Å². The molecule has 0 radical (unpaired) electrons. The number of thiazole rings is 1. The molecule has 112 valence electrons. The smallest absolute Gasteiger partial charge is 0.289 e. The van der Waals surface area contributed by atoms with E-state index in [0.29, 0.717) is 5.76 Å². The van der Waals surface area contributed by atoms with E-state index in [-0.39, 0.29) is 5.91 Å². The molecule has 1 aliphatic rings. The lowest BCUT2D eigenvalue weighted by molar-refractivity contribution is 0.0728. The van der Waals surface area contributed by atoms with Crippen LogP contribution in [-0.4, -0.2) is 46.9 Å². The lowest BCUT2D eigenvalue weighted by atomic mass is 10.2. The maximum Gasteiger partial charge on any atom is 0.289 e. The molecule has 2 aromatic rings. The Kier molecular flexibility index (Phi) is 4.36. The van der Waals surface area contributed by atoms with Crippen molar-refractivity contribution < 1.29 is 9.21 Å². The third-order valence-electron chi connectivity index (χ3n) is 3.80. The molecule has 1 amide bonds. The second-order valence-corrected chi connectivity index (χ2v) is 6.05. The summed E-state index contributed by atoms with van der Waals surface area (Å²) in [6.07, 6.45) is 2.56. The molecule has 6 heteroatoms. The van der Waals surface area contributed by atoms with Gasteiger partial charge in [0.1, 0.15) is 0 Å². The highest BCUT2D eigenvalue weighted by atomic mass is 32.1. The van der Waals surface area contributed by atoms with Gasteiger partial charge in [-0.3, -0.25) is 9.69 Å². The van der Waals surface area contributed by atoms with Crippen molar-refractivity contribution in [3.63, 3.8) is 0 Å². The molecule has 3 rings (SSSR count). The van der Waals surface area contributed by atoms with Crippen molar-refractivity contribution in [1.29, 1.82) is 0 Å². The van der Waals surface area contributed by atoms with Crippen LogP contribution in [0.1, 0.15) is 28.2 Å². The second kappa shape index (κ2) is 6.41. The number of aromatic nitrogens is 1. The number of carbonyl (C=O) groups is 1. The fourth-order valence-electron chi connectivity index (χ4n) is 2.61. The number of nitrogens with zero attached hydrogens (tertiary/aromatic N) is 3. The van der Waals surface area contributed by atoms with Gasteiger partial charge in [-0.05, 0) is 19.4 Å². The van der Waals surface area contributed by atoms with Crippen molar-refractivity contribution in [2.75, 3.05) is 26.2 Å². The van der Waals surface area contributed by atoms with Crippen molar-refractivity contribution in [3.8, 4) is 0 Å². The molecule has 2 aromatic heterocycles. The van der Waals surface area contributed by atoms with Gasteiger partial charge in [0.25, 0.3) is 5.91 Å². The molecule has 3 heterocycles. The van der Waals surface area contributed by atoms with Crippen LogP contribution in [-0.2, 0) is 6.54 Å². The largest absolute Gasteiger partial charge is 0.459 e. The molecule has 5 nitrogen and oxygen atoms in total. The van der Waals surface area contributed by atoms with Crippen molar-refractivity contribution >= 4 is 17.2 Å². The average molecular weight is 305 g/mol. The van der Waals surface area contributed by atoms with E-state index in [1.807, 2.05) is 23.4 Å². The summed E-state index contributed by atoms with van der Waals surface area (Å²) < 4.78 is 5.32. The van der Waals surface area contributed by atoms with Gasteiger partial charge in [0.15, 0.2) is 5.76 Å². The van der Waals surface area contributed by atoms with Gasteiger partial charge in [0.2, 0.25) is 0 Å². The molecule has 0 N–H and O–H groups in total. The van der Waals surface area contributed by atoms with Crippen LogP contribution in [0.2, 0.25) is 0 Å². The van der Waals surface area contributed by atoms with Crippen molar-refractivity contribution in [1.82, 2.24) is 14.8 Å². The molecule has 21 heavy (non-hydrogen) atoms. The Morgan fingerprint density at radius 2 is 2.29 bits per heavy atom. The zero-order valence-corrected chi connectivity index (χ0v) is 12.9. The summed E-state index contributed by atoms with van der Waals surface area (Å²) in [7, 11) is 0. The predicted molar refractivity (Wildman–Crippen MR) is 81.4 cm³/mol. The highest BCUT2D eigenvalue weighted by molar-refractivity contribution is 7.07. The fourth-order valence-corrected chi connectivity index (χ4v) is 3.16. The Morgan fingerprint density at radius 1 is 1.38 bits per heavy atom. The van der Waals surface area contributed by atoms with Crippen LogP contribution in [0.15, 0.2) is 27.6 Å². The number of furan rings is 1. The standard InChI is InChI=1S/C15H19N3O2S/c1-12-3-8-20-14(12)15(19)18-5-2-4-17(6-7-18)9-13-10-21-11-16-13/h3,8,10-11H,2,4-7,9H2,1H3. The lowest BCUT2D eigenvalue weighted by Crippen LogP contribution is -2.35. The van der Waals surface area contributed by atoms with Crippen LogP contribution in [0.3, 0.4) is 0 Å². The molecule has 0 saturated carbocycles. The predicted octanol–water partition coefficient (Wildman–Crippen LogP) is 2.39. The first kappa shape index (κ1) is 14.3. The van der Waals surface area contributed by atoms with Crippen LogP contribution < -0.4 is 0 Å². The van der Waals surface area contributed by atoms with Crippen LogP contribution in [0.25, 0.3) is 0 Å². The van der Waals surface area contributed by atoms with E-state index in [2.05, 4.69) is 15.3 Å². The van der Waals surface area contributed by atoms with Crippen molar-refractivity contribution in [2.24, 2.45) is 0 Å². The van der Waals surface area contributed by atoms with E-state index in [9.17, 15) is 4.79 Å². The number of hydrogen-bond acceptors (Lipinski definition) is 5. The van der Waals surface area contributed by atoms with E-state index < -0.39 is 0 Å². The van der Waals surface area contributed by atoms with Crippen molar-refractivity contribution in [2.45, 2.75) is 19.9 Å². The van der Waals surface area contributed by atoms with Crippen LogP contribution >= 0.6 is 11.3 Å². The Balaban J connectivity index is 1.60. The van der Waals surface area contributed by atoms with Gasteiger partial charge in [0.05, 0.1) is 17.5 Å². The highest BCUT2D eigenvalue weighted by Crippen LogP contribution is 2.15. The van der Waals surface area contributed by atoms with Crippen LogP contribution in [0, 0.1) is 6.92 Å². The maximum atomic E-state index is 12.5. The van der Waals surface area contributed by atoms with E-state index in [0.717, 1.165) is 50.4 Å². The summed E-state index contributed by atoms with van der Waals surface area (Å²) in [5.41, 5.74) is 3.88. The Bertz CT molecular complexity index is 594. The summed E-state index contributed by atoms with van der Waals surface area (Å²) in [6.45, 7) is 6.17. The molecule has 0 spiro atoms. The number of amides is 1. The Morgan fingerprint density at radius 3 is 3.00 bits per heavy atom. The number of aryl methyl sites for hydroxylation is 1. The van der Waals surface area contributed by atoms with Gasteiger partial charge in [-0.25, -0.2) is 4.98 Å². The molecule has 1 saturated heterocycles. The molecular formula is C15H19N3O2S. The maximum absolute atomic E-state index is 12.5. The molecule has 0 atom stereocenters. The first-order valence-electron chi connectivity index (χ1n) is 7.17. The van der Waals surface area contributed by atoms with Gasteiger partial charge in [-0.15, -0.1) is 11.3 Å².